The second-order valence-electron chi connectivity index (χ2n) is 8.54. The molecule has 7 heteroatoms. The van der Waals surface area contributed by atoms with Crippen LogP contribution in [0.25, 0.3) is 0 Å². The highest BCUT2D eigenvalue weighted by Gasteiger charge is 2.47. The van der Waals surface area contributed by atoms with Crippen molar-refractivity contribution in [2.75, 3.05) is 26.4 Å². The molecule has 1 aliphatic rings. The molecule has 0 radical (unpaired) electrons. The number of unbranched alkanes of at least 4 members (excludes halogenated alkanes) is 3. The number of hydrogen-bond donors (Lipinski definition) is 0. The Labute approximate surface area is 171 Å². The Bertz CT molecular complexity index is 448. The normalized spacial score (nSPS) is 16.4. The van der Waals surface area contributed by atoms with Gasteiger partial charge in [-0.3, -0.25) is 9.59 Å². The Morgan fingerprint density at radius 1 is 0.893 bits per heavy atom. The fraction of sp³-hybridized carbons (Fsp3) is 0.905. The topological polar surface area (TPSA) is 71.1 Å². The van der Waals surface area contributed by atoms with Gasteiger partial charge in [-0.2, -0.15) is 0 Å². The standard InChI is InChI=1S/C21H40O6Si/c1-6-24-19(22)16-18(17-20(23)25-7-2)12-10-8-9-11-13-21(28(3,4)5)26-14-15-27-21/h18H,6-17H2,1-5H3. The molecule has 0 atom stereocenters. The van der Waals surface area contributed by atoms with Crippen LogP contribution in [0.4, 0.5) is 0 Å². The van der Waals surface area contributed by atoms with Crippen LogP contribution in [0.2, 0.25) is 19.6 Å². The van der Waals surface area contributed by atoms with E-state index in [1.54, 1.807) is 13.8 Å². The van der Waals surface area contributed by atoms with Crippen LogP contribution in [0, 0.1) is 5.92 Å². The highest BCUT2D eigenvalue weighted by atomic mass is 28.3. The first-order valence-corrected chi connectivity index (χ1v) is 14.3. The van der Waals surface area contributed by atoms with Gasteiger partial charge in [-0.05, 0) is 39.0 Å². The van der Waals surface area contributed by atoms with Gasteiger partial charge in [0.05, 0.1) is 26.4 Å². The molecule has 0 saturated carbocycles. The number of carbonyl (C=O) groups excluding carboxylic acids is 2. The molecule has 28 heavy (non-hydrogen) atoms. The van der Waals surface area contributed by atoms with Gasteiger partial charge in [-0.15, -0.1) is 0 Å². The Balaban J connectivity index is 2.35. The molecule has 6 nitrogen and oxygen atoms in total. The van der Waals surface area contributed by atoms with E-state index in [9.17, 15) is 9.59 Å². The van der Waals surface area contributed by atoms with Crippen molar-refractivity contribution in [3.63, 3.8) is 0 Å². The lowest BCUT2D eigenvalue weighted by Crippen LogP contribution is -2.53. The Morgan fingerprint density at radius 2 is 1.39 bits per heavy atom. The van der Waals surface area contributed by atoms with Crippen LogP contribution in [-0.2, 0) is 28.5 Å². The van der Waals surface area contributed by atoms with Gasteiger partial charge in [0.25, 0.3) is 0 Å². The van der Waals surface area contributed by atoms with Crippen LogP contribution in [-0.4, -0.2) is 51.9 Å². The molecule has 0 unspecified atom stereocenters. The van der Waals surface area contributed by atoms with E-state index in [0.29, 0.717) is 26.4 Å². The van der Waals surface area contributed by atoms with Crippen LogP contribution < -0.4 is 0 Å². The van der Waals surface area contributed by atoms with Crippen molar-refractivity contribution in [3.8, 4) is 0 Å². The SMILES string of the molecule is CCOC(=O)CC(CCCCCCC1([Si](C)(C)C)OCCO1)CC(=O)OCC. The molecule has 1 heterocycles. The number of hydrogen-bond acceptors (Lipinski definition) is 6. The minimum atomic E-state index is -1.56. The highest BCUT2D eigenvalue weighted by Crippen LogP contribution is 2.35. The lowest BCUT2D eigenvalue weighted by molar-refractivity contribution is -0.147. The Hall–Kier alpha value is -0.923. The Morgan fingerprint density at radius 3 is 1.86 bits per heavy atom. The zero-order valence-electron chi connectivity index (χ0n) is 18.5. The van der Waals surface area contributed by atoms with Crippen molar-refractivity contribution >= 4 is 20.0 Å². The average molecular weight is 417 g/mol. The van der Waals surface area contributed by atoms with Crippen LogP contribution in [0.5, 0.6) is 0 Å². The molecule has 1 fully saturated rings. The van der Waals surface area contributed by atoms with Gasteiger partial charge in [0.1, 0.15) is 8.07 Å². The van der Waals surface area contributed by atoms with Crippen LogP contribution >= 0.6 is 0 Å². The summed E-state index contributed by atoms with van der Waals surface area (Å²) in [7, 11) is -1.56. The van der Waals surface area contributed by atoms with E-state index in [2.05, 4.69) is 19.6 Å². The first-order valence-electron chi connectivity index (χ1n) is 10.8. The first kappa shape index (κ1) is 25.1. The van der Waals surface area contributed by atoms with Crippen molar-refractivity contribution in [2.45, 2.75) is 90.3 Å². The molecule has 0 aliphatic carbocycles. The van der Waals surface area contributed by atoms with E-state index in [-0.39, 0.29) is 36.1 Å². The summed E-state index contributed by atoms with van der Waals surface area (Å²) in [6.45, 7) is 12.6. The van der Waals surface area contributed by atoms with E-state index >= 15 is 0 Å². The van der Waals surface area contributed by atoms with Crippen molar-refractivity contribution in [3.05, 3.63) is 0 Å². The number of esters is 2. The summed E-state index contributed by atoms with van der Waals surface area (Å²) in [5.74, 6) is -0.471. The number of rotatable bonds is 14. The van der Waals surface area contributed by atoms with Gasteiger partial charge in [-0.1, -0.05) is 38.9 Å². The van der Waals surface area contributed by atoms with Gasteiger partial charge in [-0.25, -0.2) is 0 Å². The number of carbonyl (C=O) groups is 2. The summed E-state index contributed by atoms with van der Waals surface area (Å²) < 4.78 is 22.1. The van der Waals surface area contributed by atoms with Gasteiger partial charge >= 0.3 is 11.9 Å². The maximum atomic E-state index is 11.8. The van der Waals surface area contributed by atoms with Gasteiger partial charge < -0.3 is 18.9 Å². The van der Waals surface area contributed by atoms with E-state index in [1.807, 2.05) is 0 Å². The molecular weight excluding hydrogens is 376 g/mol. The summed E-state index contributed by atoms with van der Waals surface area (Å²) in [6.07, 6.45) is 6.60. The number of ether oxygens (including phenoxy) is 4. The molecule has 0 spiro atoms. The molecule has 0 bridgehead atoms. The lowest BCUT2D eigenvalue weighted by Gasteiger charge is -2.38. The maximum Gasteiger partial charge on any atom is 0.306 e. The predicted octanol–water partition coefficient (Wildman–Crippen LogP) is 4.47. The largest absolute Gasteiger partial charge is 0.466 e. The molecular formula is C21H40O6Si. The quantitative estimate of drug-likeness (QED) is 0.236. The molecule has 0 N–H and O–H groups in total. The van der Waals surface area contributed by atoms with Crippen molar-refractivity contribution in [2.24, 2.45) is 5.92 Å². The summed E-state index contributed by atoms with van der Waals surface area (Å²) in [5, 5.41) is 0. The van der Waals surface area contributed by atoms with Crippen molar-refractivity contribution < 1.29 is 28.5 Å². The minimum Gasteiger partial charge on any atom is -0.466 e. The van der Waals surface area contributed by atoms with Gasteiger partial charge in [0.15, 0.2) is 5.41 Å². The summed E-state index contributed by atoms with van der Waals surface area (Å²) in [4.78, 5) is 23.6. The van der Waals surface area contributed by atoms with Gasteiger partial charge in [0, 0.05) is 12.8 Å². The third-order valence-corrected chi connectivity index (χ3v) is 8.11. The molecule has 0 aromatic rings. The van der Waals surface area contributed by atoms with Crippen LogP contribution in [0.15, 0.2) is 0 Å². The molecule has 164 valence electrons. The second-order valence-corrected chi connectivity index (χ2v) is 13.8. The molecule has 1 rings (SSSR count). The van der Waals surface area contributed by atoms with Crippen LogP contribution in [0.3, 0.4) is 0 Å². The predicted molar refractivity (Wildman–Crippen MR) is 112 cm³/mol. The van der Waals surface area contributed by atoms with E-state index < -0.39 is 8.07 Å². The fourth-order valence-corrected chi connectivity index (χ4v) is 5.74. The second kappa shape index (κ2) is 12.6. The van der Waals surface area contributed by atoms with E-state index in [1.165, 1.54) is 0 Å². The third-order valence-electron chi connectivity index (χ3n) is 5.29. The zero-order chi connectivity index (χ0) is 21.0. The van der Waals surface area contributed by atoms with Crippen LogP contribution in [0.1, 0.15) is 65.2 Å². The van der Waals surface area contributed by atoms with Crippen molar-refractivity contribution in [1.29, 1.82) is 0 Å². The fourth-order valence-electron chi connectivity index (χ4n) is 3.74. The Kier molecular flexibility index (Phi) is 11.3. The molecule has 1 aliphatic heterocycles. The lowest BCUT2D eigenvalue weighted by atomic mass is 9.94. The molecule has 1 saturated heterocycles. The maximum absolute atomic E-state index is 11.8. The average Bonchev–Trinajstić information content (AvgIpc) is 3.08. The molecule has 0 aromatic carbocycles. The zero-order valence-corrected chi connectivity index (χ0v) is 19.5. The smallest absolute Gasteiger partial charge is 0.306 e. The monoisotopic (exact) mass is 416 g/mol. The minimum absolute atomic E-state index is 0.00655. The third kappa shape index (κ3) is 8.62. The first-order chi connectivity index (χ1) is 13.2. The van der Waals surface area contributed by atoms with Gasteiger partial charge in [0.2, 0.25) is 0 Å². The summed E-state index contributed by atoms with van der Waals surface area (Å²) >= 11 is 0. The summed E-state index contributed by atoms with van der Waals surface area (Å²) in [5.41, 5.74) is -0.330. The van der Waals surface area contributed by atoms with Crippen molar-refractivity contribution in [1.82, 2.24) is 0 Å². The summed E-state index contributed by atoms with van der Waals surface area (Å²) in [6, 6.07) is 0. The highest BCUT2D eigenvalue weighted by molar-refractivity contribution is 6.78. The molecule has 0 amide bonds. The van der Waals surface area contributed by atoms with E-state index in [4.69, 9.17) is 18.9 Å². The van der Waals surface area contributed by atoms with E-state index in [0.717, 1.165) is 38.5 Å². The molecule has 0 aromatic heterocycles.